The third-order valence-corrected chi connectivity index (χ3v) is 4.72. The molecule has 21 heavy (non-hydrogen) atoms. The fourth-order valence-corrected chi connectivity index (χ4v) is 3.52. The summed E-state index contributed by atoms with van der Waals surface area (Å²) in [6, 6.07) is 4.14. The van der Waals surface area contributed by atoms with Gasteiger partial charge in [0.1, 0.15) is 5.75 Å². The van der Waals surface area contributed by atoms with Crippen LogP contribution < -0.4 is 4.74 Å². The van der Waals surface area contributed by atoms with E-state index in [4.69, 9.17) is 9.47 Å². The summed E-state index contributed by atoms with van der Waals surface area (Å²) in [5, 5.41) is 10.9. The number of aliphatic hydroxyl groups excluding tert-OH is 1. The molecule has 1 aromatic rings. The van der Waals surface area contributed by atoms with Crippen LogP contribution in [0.25, 0.3) is 0 Å². The molecule has 4 heteroatoms. The van der Waals surface area contributed by atoms with Crippen LogP contribution in [0.2, 0.25) is 0 Å². The molecule has 2 atom stereocenters. The van der Waals surface area contributed by atoms with E-state index < -0.39 is 6.10 Å². The summed E-state index contributed by atoms with van der Waals surface area (Å²) >= 11 is 0. The molecule has 0 unspecified atom stereocenters. The van der Waals surface area contributed by atoms with Crippen LogP contribution >= 0.6 is 0 Å². The molecule has 0 spiro atoms. The van der Waals surface area contributed by atoms with Crippen LogP contribution in [0.4, 0.5) is 0 Å². The first kappa shape index (κ1) is 14.8. The second-order valence-electron chi connectivity index (χ2n) is 6.84. The molecule has 2 aliphatic heterocycles. The van der Waals surface area contributed by atoms with Crippen molar-refractivity contribution in [3.05, 3.63) is 28.8 Å². The van der Waals surface area contributed by atoms with Crippen LogP contribution in [0.3, 0.4) is 0 Å². The van der Waals surface area contributed by atoms with Crippen molar-refractivity contribution in [1.82, 2.24) is 4.90 Å². The predicted octanol–water partition coefficient (Wildman–Crippen LogP) is 2.41. The van der Waals surface area contributed by atoms with Crippen LogP contribution in [0.5, 0.6) is 5.75 Å². The fourth-order valence-electron chi connectivity index (χ4n) is 3.52. The summed E-state index contributed by atoms with van der Waals surface area (Å²) in [6.45, 7) is 11.4. The number of hydrogen-bond donors (Lipinski definition) is 1. The molecule has 0 amide bonds. The topological polar surface area (TPSA) is 41.9 Å². The highest BCUT2D eigenvalue weighted by Gasteiger charge is 2.47. The largest absolute Gasteiger partial charge is 0.474 e. The summed E-state index contributed by atoms with van der Waals surface area (Å²) in [5.74, 6) is 0.829. The van der Waals surface area contributed by atoms with Crippen molar-refractivity contribution in [3.8, 4) is 5.75 Å². The van der Waals surface area contributed by atoms with Gasteiger partial charge in [-0.05, 0) is 31.0 Å². The van der Waals surface area contributed by atoms with Crippen LogP contribution in [-0.2, 0) is 4.74 Å². The minimum Gasteiger partial charge on any atom is -0.474 e. The molecule has 0 bridgehead atoms. The van der Waals surface area contributed by atoms with Gasteiger partial charge in [-0.1, -0.05) is 19.9 Å². The van der Waals surface area contributed by atoms with Crippen molar-refractivity contribution in [2.75, 3.05) is 26.3 Å². The van der Waals surface area contributed by atoms with Gasteiger partial charge in [0, 0.05) is 24.1 Å². The van der Waals surface area contributed by atoms with Gasteiger partial charge in [-0.2, -0.15) is 0 Å². The maximum absolute atomic E-state index is 10.9. The van der Waals surface area contributed by atoms with Crippen molar-refractivity contribution in [3.63, 3.8) is 0 Å². The lowest BCUT2D eigenvalue weighted by atomic mass is 9.76. The number of rotatable bonds is 1. The minimum atomic E-state index is -0.519. The Morgan fingerprint density at radius 3 is 2.52 bits per heavy atom. The summed E-state index contributed by atoms with van der Waals surface area (Å²) in [4.78, 5) is 2.29. The van der Waals surface area contributed by atoms with Gasteiger partial charge < -0.3 is 14.6 Å². The van der Waals surface area contributed by atoms with Crippen molar-refractivity contribution in [2.45, 2.75) is 40.0 Å². The Bertz CT molecular complexity index is 535. The second-order valence-corrected chi connectivity index (χ2v) is 6.84. The quantitative estimate of drug-likeness (QED) is 0.863. The van der Waals surface area contributed by atoms with Gasteiger partial charge in [-0.3, -0.25) is 4.90 Å². The number of morpholine rings is 1. The maximum Gasteiger partial charge on any atom is 0.160 e. The second kappa shape index (κ2) is 5.27. The fraction of sp³-hybridized carbons (Fsp3) is 0.647. The highest BCUT2D eigenvalue weighted by atomic mass is 16.5. The molecule has 3 rings (SSSR count). The molecule has 0 aliphatic carbocycles. The third kappa shape index (κ3) is 2.45. The Morgan fingerprint density at radius 2 is 1.86 bits per heavy atom. The summed E-state index contributed by atoms with van der Waals surface area (Å²) in [6.07, 6.45) is -0.639. The molecular weight excluding hydrogens is 266 g/mol. The summed E-state index contributed by atoms with van der Waals surface area (Å²) in [5.41, 5.74) is 2.85. The molecule has 0 aromatic heterocycles. The molecule has 4 nitrogen and oxygen atoms in total. The van der Waals surface area contributed by atoms with E-state index in [1.165, 1.54) is 5.56 Å². The Morgan fingerprint density at radius 1 is 1.19 bits per heavy atom. The lowest BCUT2D eigenvalue weighted by Gasteiger charge is -2.49. The van der Waals surface area contributed by atoms with Gasteiger partial charge in [0.25, 0.3) is 0 Å². The van der Waals surface area contributed by atoms with Gasteiger partial charge in [-0.15, -0.1) is 0 Å². The lowest BCUT2D eigenvalue weighted by Crippen LogP contribution is -2.56. The molecule has 2 aliphatic rings. The summed E-state index contributed by atoms with van der Waals surface area (Å²) < 4.78 is 11.8. The van der Waals surface area contributed by atoms with Gasteiger partial charge in [-0.25, -0.2) is 0 Å². The normalized spacial score (nSPS) is 28.8. The Labute approximate surface area is 126 Å². The summed E-state index contributed by atoms with van der Waals surface area (Å²) in [7, 11) is 0. The van der Waals surface area contributed by atoms with Crippen molar-refractivity contribution >= 4 is 0 Å². The van der Waals surface area contributed by atoms with Crippen molar-refractivity contribution < 1.29 is 14.6 Å². The van der Waals surface area contributed by atoms with E-state index in [1.807, 2.05) is 13.0 Å². The lowest BCUT2D eigenvalue weighted by molar-refractivity contribution is -0.150. The minimum absolute atomic E-state index is 0.120. The van der Waals surface area contributed by atoms with E-state index in [9.17, 15) is 5.11 Å². The average molecular weight is 291 g/mol. The number of fused-ring (bicyclic) bond motifs is 1. The molecule has 116 valence electrons. The number of aryl methyl sites for hydroxylation is 2. The van der Waals surface area contributed by atoms with E-state index in [0.717, 1.165) is 43.2 Å². The molecule has 0 radical (unpaired) electrons. The van der Waals surface area contributed by atoms with E-state index >= 15 is 0 Å². The van der Waals surface area contributed by atoms with Gasteiger partial charge in [0.15, 0.2) is 6.23 Å². The first-order valence-electron chi connectivity index (χ1n) is 7.69. The SMILES string of the molecule is Cc1cc(C)c2c(c1)O[C@@H](N1CCOCC1)C(C)(C)[C@H]2O. The zero-order valence-electron chi connectivity index (χ0n) is 13.3. The average Bonchev–Trinajstić information content (AvgIpc) is 2.43. The first-order valence-corrected chi connectivity index (χ1v) is 7.69. The van der Waals surface area contributed by atoms with Gasteiger partial charge in [0.2, 0.25) is 0 Å². The standard InChI is InChI=1S/C17H25NO3/c1-11-9-12(2)14-13(10-11)21-16(17(3,4)15(14)19)18-5-7-20-8-6-18/h9-10,15-16,19H,5-8H2,1-4H3/t15-,16+/m0/s1. The highest BCUT2D eigenvalue weighted by Crippen LogP contribution is 2.48. The Hall–Kier alpha value is -1.10. The molecule has 1 saturated heterocycles. The highest BCUT2D eigenvalue weighted by molar-refractivity contribution is 5.46. The zero-order chi connectivity index (χ0) is 15.2. The van der Waals surface area contributed by atoms with Crippen LogP contribution in [0.15, 0.2) is 12.1 Å². The zero-order valence-corrected chi connectivity index (χ0v) is 13.3. The van der Waals surface area contributed by atoms with Crippen LogP contribution in [-0.4, -0.2) is 42.5 Å². The number of ether oxygens (including phenoxy) is 2. The molecule has 0 saturated carbocycles. The number of aliphatic hydroxyl groups is 1. The smallest absolute Gasteiger partial charge is 0.160 e. The monoisotopic (exact) mass is 291 g/mol. The number of hydrogen-bond acceptors (Lipinski definition) is 4. The number of benzene rings is 1. The molecule has 1 N–H and O–H groups in total. The van der Waals surface area contributed by atoms with Gasteiger partial charge in [0.05, 0.1) is 19.3 Å². The predicted molar refractivity (Wildman–Crippen MR) is 81.5 cm³/mol. The Kier molecular flexibility index (Phi) is 3.72. The molecule has 1 fully saturated rings. The van der Waals surface area contributed by atoms with Crippen LogP contribution in [0.1, 0.15) is 36.6 Å². The van der Waals surface area contributed by atoms with Crippen molar-refractivity contribution in [2.24, 2.45) is 5.41 Å². The number of nitrogens with zero attached hydrogens (tertiary/aromatic N) is 1. The van der Waals surface area contributed by atoms with Gasteiger partial charge >= 0.3 is 0 Å². The van der Waals surface area contributed by atoms with E-state index in [1.54, 1.807) is 0 Å². The van der Waals surface area contributed by atoms with Crippen molar-refractivity contribution in [1.29, 1.82) is 0 Å². The Balaban J connectivity index is 2.00. The molecule has 1 aromatic carbocycles. The maximum atomic E-state index is 10.9. The molecular formula is C17H25NO3. The first-order chi connectivity index (χ1) is 9.91. The van der Waals surface area contributed by atoms with E-state index in [0.29, 0.717) is 0 Å². The van der Waals surface area contributed by atoms with E-state index in [2.05, 4.69) is 31.7 Å². The molecule has 2 heterocycles. The van der Waals surface area contributed by atoms with Crippen LogP contribution in [0, 0.1) is 19.3 Å². The third-order valence-electron chi connectivity index (χ3n) is 4.72. The van der Waals surface area contributed by atoms with E-state index in [-0.39, 0.29) is 11.6 Å².